The summed E-state index contributed by atoms with van der Waals surface area (Å²) in [7, 11) is 1.99. The summed E-state index contributed by atoms with van der Waals surface area (Å²) in [6.45, 7) is 3.47. The predicted molar refractivity (Wildman–Crippen MR) is 42.3 cm³/mol. The predicted octanol–water partition coefficient (Wildman–Crippen LogP) is 0.250. The third-order valence-corrected chi connectivity index (χ3v) is 3.08. The highest BCUT2D eigenvalue weighted by atomic mass is 19.1. The van der Waals surface area contributed by atoms with Crippen molar-refractivity contribution < 1.29 is 4.39 Å². The molecule has 0 aromatic rings. The first-order valence-electron chi connectivity index (χ1n) is 4.26. The lowest BCUT2D eigenvalue weighted by Crippen LogP contribution is -2.63. The topological polar surface area (TPSA) is 15.3 Å². The van der Waals surface area contributed by atoms with E-state index in [4.69, 9.17) is 0 Å². The van der Waals surface area contributed by atoms with Crippen LogP contribution in [0.4, 0.5) is 4.39 Å². The van der Waals surface area contributed by atoms with Crippen LogP contribution in [-0.4, -0.2) is 44.3 Å². The van der Waals surface area contributed by atoms with Crippen LogP contribution in [0.3, 0.4) is 0 Å². The van der Waals surface area contributed by atoms with Crippen molar-refractivity contribution in [2.75, 3.05) is 33.2 Å². The van der Waals surface area contributed by atoms with Crippen LogP contribution in [0.2, 0.25) is 0 Å². The Kier molecular flexibility index (Phi) is 1.65. The summed E-state index contributed by atoms with van der Waals surface area (Å²) < 4.78 is 13.5. The van der Waals surface area contributed by atoms with E-state index in [-0.39, 0.29) is 5.41 Å². The second kappa shape index (κ2) is 2.42. The molecule has 64 valence electrons. The van der Waals surface area contributed by atoms with Crippen LogP contribution in [0.1, 0.15) is 6.42 Å². The zero-order valence-electron chi connectivity index (χ0n) is 6.94. The molecular weight excluding hydrogens is 143 g/mol. The standard InChI is InChI=1S/C8H15FN2/c1-11-3-2-8(5-10-6-8)7(9)4-11/h7,10H,2-6H2,1H3. The largest absolute Gasteiger partial charge is 0.315 e. The van der Waals surface area contributed by atoms with Gasteiger partial charge < -0.3 is 10.2 Å². The molecule has 0 aliphatic carbocycles. The van der Waals surface area contributed by atoms with Crippen molar-refractivity contribution in [3.05, 3.63) is 0 Å². The first-order valence-corrected chi connectivity index (χ1v) is 4.26. The first-order chi connectivity index (χ1) is 5.23. The number of alkyl halides is 1. The Labute approximate surface area is 66.8 Å². The van der Waals surface area contributed by atoms with Crippen LogP contribution in [0.5, 0.6) is 0 Å². The summed E-state index contributed by atoms with van der Waals surface area (Å²) in [5.41, 5.74) is 0.0203. The van der Waals surface area contributed by atoms with Crippen molar-refractivity contribution in [1.82, 2.24) is 10.2 Å². The number of piperidine rings is 1. The van der Waals surface area contributed by atoms with Crippen molar-refractivity contribution in [2.24, 2.45) is 5.41 Å². The fourth-order valence-electron chi connectivity index (χ4n) is 1.97. The minimum atomic E-state index is -0.609. The highest BCUT2D eigenvalue weighted by Crippen LogP contribution is 2.36. The van der Waals surface area contributed by atoms with Crippen LogP contribution >= 0.6 is 0 Å². The molecule has 1 unspecified atom stereocenters. The summed E-state index contributed by atoms with van der Waals surface area (Å²) in [5, 5.41) is 3.16. The maximum atomic E-state index is 13.5. The van der Waals surface area contributed by atoms with Gasteiger partial charge in [-0.25, -0.2) is 4.39 Å². The summed E-state index contributed by atoms with van der Waals surface area (Å²) >= 11 is 0. The third kappa shape index (κ3) is 1.07. The van der Waals surface area contributed by atoms with E-state index in [1.54, 1.807) is 0 Å². The van der Waals surface area contributed by atoms with Gasteiger partial charge in [0.15, 0.2) is 0 Å². The van der Waals surface area contributed by atoms with E-state index in [2.05, 4.69) is 10.2 Å². The monoisotopic (exact) mass is 158 g/mol. The lowest BCUT2D eigenvalue weighted by Gasteiger charge is -2.49. The second-order valence-electron chi connectivity index (χ2n) is 3.95. The van der Waals surface area contributed by atoms with Gasteiger partial charge in [0.1, 0.15) is 6.17 Å². The van der Waals surface area contributed by atoms with Gasteiger partial charge >= 0.3 is 0 Å². The zero-order chi connectivity index (χ0) is 7.90. The van der Waals surface area contributed by atoms with Crippen molar-refractivity contribution in [3.8, 4) is 0 Å². The highest BCUT2D eigenvalue weighted by Gasteiger charge is 2.47. The van der Waals surface area contributed by atoms with Crippen molar-refractivity contribution >= 4 is 0 Å². The number of likely N-dealkylation sites (tertiary alicyclic amines) is 1. The molecule has 0 aromatic heterocycles. The Balaban J connectivity index is 2.01. The number of nitrogens with one attached hydrogen (secondary N) is 1. The van der Waals surface area contributed by atoms with Crippen LogP contribution in [-0.2, 0) is 0 Å². The molecule has 2 saturated heterocycles. The van der Waals surface area contributed by atoms with Crippen molar-refractivity contribution in [2.45, 2.75) is 12.6 Å². The molecule has 11 heavy (non-hydrogen) atoms. The molecule has 1 atom stereocenters. The molecule has 0 amide bonds. The number of hydrogen-bond acceptors (Lipinski definition) is 2. The Hall–Kier alpha value is -0.150. The van der Waals surface area contributed by atoms with Crippen LogP contribution in [0.25, 0.3) is 0 Å². The molecule has 1 spiro atoms. The van der Waals surface area contributed by atoms with E-state index in [9.17, 15) is 4.39 Å². The number of rotatable bonds is 0. The minimum Gasteiger partial charge on any atom is -0.315 e. The molecule has 2 fully saturated rings. The lowest BCUT2D eigenvalue weighted by atomic mass is 9.72. The van der Waals surface area contributed by atoms with Gasteiger partial charge in [-0.1, -0.05) is 0 Å². The van der Waals surface area contributed by atoms with Crippen LogP contribution < -0.4 is 5.32 Å². The maximum Gasteiger partial charge on any atom is 0.121 e. The Morgan fingerprint density at radius 2 is 2.27 bits per heavy atom. The quantitative estimate of drug-likeness (QED) is 0.543. The average Bonchev–Trinajstić information content (AvgIpc) is 1.84. The van der Waals surface area contributed by atoms with E-state index in [0.717, 1.165) is 26.1 Å². The SMILES string of the molecule is CN1CCC2(CNC2)C(F)C1. The third-order valence-electron chi connectivity index (χ3n) is 3.08. The fourth-order valence-corrected chi connectivity index (χ4v) is 1.97. The van der Waals surface area contributed by atoms with E-state index >= 15 is 0 Å². The summed E-state index contributed by atoms with van der Waals surface area (Å²) in [6.07, 6.45) is 0.417. The van der Waals surface area contributed by atoms with Gasteiger partial charge in [0, 0.05) is 25.0 Å². The molecular formula is C8H15FN2. The molecule has 0 aromatic carbocycles. The minimum absolute atomic E-state index is 0.0203. The second-order valence-corrected chi connectivity index (χ2v) is 3.95. The van der Waals surface area contributed by atoms with Crippen LogP contribution in [0.15, 0.2) is 0 Å². The summed E-state index contributed by atoms with van der Waals surface area (Å²) in [4.78, 5) is 2.08. The molecule has 1 N–H and O–H groups in total. The van der Waals surface area contributed by atoms with Gasteiger partial charge in [-0.15, -0.1) is 0 Å². The van der Waals surface area contributed by atoms with Gasteiger partial charge in [0.25, 0.3) is 0 Å². The number of halogens is 1. The molecule has 0 saturated carbocycles. The lowest BCUT2D eigenvalue weighted by molar-refractivity contribution is -0.0213. The summed E-state index contributed by atoms with van der Waals surface area (Å²) in [6, 6.07) is 0. The molecule has 2 rings (SSSR count). The van der Waals surface area contributed by atoms with Gasteiger partial charge in [-0.2, -0.15) is 0 Å². The van der Waals surface area contributed by atoms with Crippen molar-refractivity contribution in [1.29, 1.82) is 0 Å². The zero-order valence-corrected chi connectivity index (χ0v) is 6.94. The molecule has 0 bridgehead atoms. The van der Waals surface area contributed by atoms with E-state index in [1.807, 2.05) is 7.05 Å². The fraction of sp³-hybridized carbons (Fsp3) is 1.00. The first kappa shape index (κ1) is 7.50. The number of nitrogens with zero attached hydrogens (tertiary/aromatic N) is 1. The Morgan fingerprint density at radius 1 is 1.55 bits per heavy atom. The van der Waals surface area contributed by atoms with Gasteiger partial charge in [-0.3, -0.25) is 0 Å². The van der Waals surface area contributed by atoms with Gasteiger partial charge in [-0.05, 0) is 20.0 Å². The molecule has 2 nitrogen and oxygen atoms in total. The normalized spacial score (nSPS) is 37.1. The van der Waals surface area contributed by atoms with Crippen molar-refractivity contribution in [3.63, 3.8) is 0 Å². The van der Waals surface area contributed by atoms with E-state index < -0.39 is 6.17 Å². The van der Waals surface area contributed by atoms with E-state index in [0.29, 0.717) is 6.54 Å². The molecule has 2 aliphatic rings. The Morgan fingerprint density at radius 3 is 2.73 bits per heavy atom. The maximum absolute atomic E-state index is 13.5. The molecule has 2 heterocycles. The molecule has 3 heteroatoms. The summed E-state index contributed by atoms with van der Waals surface area (Å²) in [5.74, 6) is 0. The van der Waals surface area contributed by atoms with Gasteiger partial charge in [0.2, 0.25) is 0 Å². The number of hydrogen-bond donors (Lipinski definition) is 1. The van der Waals surface area contributed by atoms with E-state index in [1.165, 1.54) is 0 Å². The van der Waals surface area contributed by atoms with Gasteiger partial charge in [0.05, 0.1) is 0 Å². The average molecular weight is 158 g/mol. The smallest absolute Gasteiger partial charge is 0.121 e. The van der Waals surface area contributed by atoms with Crippen LogP contribution in [0, 0.1) is 5.41 Å². The Bertz CT molecular complexity index is 156. The molecule has 2 aliphatic heterocycles. The molecule has 0 radical (unpaired) electrons. The highest BCUT2D eigenvalue weighted by molar-refractivity contribution is 5.01.